The first-order valence-corrected chi connectivity index (χ1v) is 8.41. The summed E-state index contributed by atoms with van der Waals surface area (Å²) >= 11 is 0. The molecule has 1 saturated carbocycles. The van der Waals surface area contributed by atoms with E-state index in [1.54, 1.807) is 0 Å². The van der Waals surface area contributed by atoms with Gasteiger partial charge in [0.15, 0.2) is 0 Å². The normalized spacial score (nSPS) is 23.8. The Labute approximate surface area is 138 Å². The minimum atomic E-state index is -0.325. The third-order valence-corrected chi connectivity index (χ3v) is 4.76. The Morgan fingerprint density at radius 2 is 1.83 bits per heavy atom. The number of amides is 3. The molecule has 3 N–H and O–H groups in total. The molecule has 1 aromatic carbocycles. The van der Waals surface area contributed by atoms with Gasteiger partial charge in [-0.15, -0.1) is 0 Å². The van der Waals surface area contributed by atoms with Crippen molar-refractivity contribution in [2.45, 2.75) is 45.7 Å². The lowest BCUT2D eigenvalue weighted by molar-refractivity contribution is -0.121. The van der Waals surface area contributed by atoms with Gasteiger partial charge in [0.25, 0.3) is 0 Å². The number of carbonyl (C=O) groups excluding carboxylic acids is 2. The summed E-state index contributed by atoms with van der Waals surface area (Å²) in [6, 6.07) is 9.57. The van der Waals surface area contributed by atoms with E-state index in [-0.39, 0.29) is 24.5 Å². The van der Waals surface area contributed by atoms with Gasteiger partial charge in [-0.2, -0.15) is 0 Å². The van der Waals surface area contributed by atoms with Crippen LogP contribution < -0.4 is 16.0 Å². The van der Waals surface area contributed by atoms with E-state index in [0.29, 0.717) is 18.4 Å². The smallest absolute Gasteiger partial charge is 0.315 e. The predicted octanol–water partition coefficient (Wildman–Crippen LogP) is 2.43. The van der Waals surface area contributed by atoms with Gasteiger partial charge in [-0.25, -0.2) is 4.79 Å². The van der Waals surface area contributed by atoms with Gasteiger partial charge in [-0.1, -0.05) is 57.0 Å². The molecule has 5 nitrogen and oxygen atoms in total. The van der Waals surface area contributed by atoms with Crippen molar-refractivity contribution < 1.29 is 9.59 Å². The maximum atomic E-state index is 12.0. The highest BCUT2D eigenvalue weighted by molar-refractivity contribution is 5.84. The highest BCUT2D eigenvalue weighted by atomic mass is 16.2. The van der Waals surface area contributed by atoms with Crippen LogP contribution in [0.25, 0.3) is 0 Å². The van der Waals surface area contributed by atoms with Gasteiger partial charge in [0.2, 0.25) is 5.91 Å². The predicted molar refractivity (Wildman–Crippen MR) is 90.8 cm³/mol. The Morgan fingerprint density at radius 1 is 1.09 bits per heavy atom. The third-order valence-electron chi connectivity index (χ3n) is 4.76. The Bertz CT molecular complexity index is 518. The standard InChI is InChI=1S/C18H27N3O2/c1-13-7-6-10-16(14(13)2)21-17(22)12-20-18(23)19-11-15-8-4-3-5-9-15/h3-5,8-9,13-14,16H,6-7,10-12H2,1-2H3,(H,21,22)(H2,19,20,23)/t13-,14-,16+/m1/s1. The van der Waals surface area contributed by atoms with E-state index in [2.05, 4.69) is 29.8 Å². The molecular weight excluding hydrogens is 290 g/mol. The molecule has 3 atom stereocenters. The van der Waals surface area contributed by atoms with Crippen LogP contribution in [0.4, 0.5) is 4.79 Å². The monoisotopic (exact) mass is 317 g/mol. The van der Waals surface area contributed by atoms with E-state index >= 15 is 0 Å². The number of rotatable bonds is 5. The van der Waals surface area contributed by atoms with Crippen LogP contribution >= 0.6 is 0 Å². The van der Waals surface area contributed by atoms with Crippen LogP contribution in [0.2, 0.25) is 0 Å². The molecular formula is C18H27N3O2. The SMILES string of the molecule is C[C@@H]1[C@H](C)CCC[C@@H]1NC(=O)CNC(=O)NCc1ccccc1. The van der Waals surface area contributed by atoms with E-state index in [9.17, 15) is 9.59 Å². The molecule has 1 aliphatic rings. The van der Waals surface area contributed by atoms with E-state index in [0.717, 1.165) is 18.4 Å². The highest BCUT2D eigenvalue weighted by Gasteiger charge is 2.27. The minimum Gasteiger partial charge on any atom is -0.352 e. The molecule has 0 unspecified atom stereocenters. The number of nitrogens with one attached hydrogen (secondary N) is 3. The van der Waals surface area contributed by atoms with Crippen LogP contribution in [0.5, 0.6) is 0 Å². The van der Waals surface area contributed by atoms with Crippen molar-refractivity contribution in [1.29, 1.82) is 0 Å². The topological polar surface area (TPSA) is 70.2 Å². The van der Waals surface area contributed by atoms with E-state index in [1.807, 2.05) is 30.3 Å². The van der Waals surface area contributed by atoms with Gasteiger partial charge in [0.05, 0.1) is 6.54 Å². The molecule has 1 fully saturated rings. The Kier molecular flexibility index (Phi) is 6.44. The number of hydrogen-bond donors (Lipinski definition) is 3. The van der Waals surface area contributed by atoms with Crippen LogP contribution in [-0.2, 0) is 11.3 Å². The summed E-state index contributed by atoms with van der Waals surface area (Å²) in [5.74, 6) is 1.00. The molecule has 0 aliphatic heterocycles. The number of urea groups is 1. The first-order chi connectivity index (χ1) is 11.1. The zero-order valence-corrected chi connectivity index (χ0v) is 14.0. The fourth-order valence-corrected chi connectivity index (χ4v) is 3.04. The zero-order valence-electron chi connectivity index (χ0n) is 14.0. The van der Waals surface area contributed by atoms with Gasteiger partial charge < -0.3 is 16.0 Å². The summed E-state index contributed by atoms with van der Waals surface area (Å²) in [4.78, 5) is 23.7. The van der Waals surface area contributed by atoms with Gasteiger partial charge in [-0.3, -0.25) is 4.79 Å². The Hall–Kier alpha value is -2.04. The van der Waals surface area contributed by atoms with Gasteiger partial charge in [0, 0.05) is 12.6 Å². The van der Waals surface area contributed by atoms with Crippen LogP contribution in [0.15, 0.2) is 30.3 Å². The maximum absolute atomic E-state index is 12.0. The van der Waals surface area contributed by atoms with Gasteiger partial charge in [0.1, 0.15) is 0 Å². The molecule has 0 saturated heterocycles. The largest absolute Gasteiger partial charge is 0.352 e. The van der Waals surface area contributed by atoms with Crippen molar-refractivity contribution in [2.75, 3.05) is 6.54 Å². The fourth-order valence-electron chi connectivity index (χ4n) is 3.04. The molecule has 0 aromatic heterocycles. The second kappa shape index (κ2) is 8.56. The average molecular weight is 317 g/mol. The number of benzene rings is 1. The minimum absolute atomic E-state index is 0.0121. The van der Waals surface area contributed by atoms with E-state index in [4.69, 9.17) is 0 Å². The lowest BCUT2D eigenvalue weighted by Crippen LogP contribution is -2.48. The zero-order chi connectivity index (χ0) is 16.7. The second-order valence-corrected chi connectivity index (χ2v) is 6.46. The van der Waals surface area contributed by atoms with Crippen molar-refractivity contribution in [3.05, 3.63) is 35.9 Å². The summed E-state index contributed by atoms with van der Waals surface area (Å²) in [6.45, 7) is 4.89. The van der Waals surface area contributed by atoms with Crippen molar-refractivity contribution in [2.24, 2.45) is 11.8 Å². The quantitative estimate of drug-likeness (QED) is 0.780. The molecule has 0 radical (unpaired) electrons. The Balaban J connectivity index is 1.66. The van der Waals surface area contributed by atoms with Crippen LogP contribution in [0.3, 0.4) is 0 Å². The molecule has 2 rings (SSSR count). The summed E-state index contributed by atoms with van der Waals surface area (Å²) in [5, 5.41) is 8.40. The molecule has 5 heteroatoms. The Morgan fingerprint density at radius 3 is 2.57 bits per heavy atom. The van der Waals surface area contributed by atoms with Crippen molar-refractivity contribution in [3.63, 3.8) is 0 Å². The first kappa shape index (κ1) is 17.3. The molecule has 3 amide bonds. The molecule has 1 aromatic rings. The summed E-state index contributed by atoms with van der Waals surface area (Å²) in [5.41, 5.74) is 1.03. The lowest BCUT2D eigenvalue weighted by Gasteiger charge is -2.34. The summed E-state index contributed by atoms with van der Waals surface area (Å²) < 4.78 is 0. The van der Waals surface area contributed by atoms with Crippen LogP contribution in [-0.4, -0.2) is 24.5 Å². The van der Waals surface area contributed by atoms with Crippen LogP contribution in [0, 0.1) is 11.8 Å². The van der Waals surface area contributed by atoms with Crippen LogP contribution in [0.1, 0.15) is 38.7 Å². The van der Waals surface area contributed by atoms with Gasteiger partial charge in [-0.05, 0) is 23.8 Å². The third kappa shape index (κ3) is 5.58. The second-order valence-electron chi connectivity index (χ2n) is 6.46. The average Bonchev–Trinajstić information content (AvgIpc) is 2.56. The fraction of sp³-hybridized carbons (Fsp3) is 0.556. The van der Waals surface area contributed by atoms with E-state index < -0.39 is 0 Å². The molecule has 1 aliphatic carbocycles. The van der Waals surface area contributed by atoms with Crippen molar-refractivity contribution >= 4 is 11.9 Å². The molecule has 0 heterocycles. The highest BCUT2D eigenvalue weighted by Crippen LogP contribution is 2.29. The number of hydrogen-bond acceptors (Lipinski definition) is 2. The molecule has 0 spiro atoms. The summed E-state index contributed by atoms with van der Waals surface area (Å²) in [6.07, 6.45) is 3.41. The number of carbonyl (C=O) groups is 2. The van der Waals surface area contributed by atoms with Crippen molar-refractivity contribution in [3.8, 4) is 0 Å². The summed E-state index contributed by atoms with van der Waals surface area (Å²) in [7, 11) is 0. The van der Waals surface area contributed by atoms with Crippen molar-refractivity contribution in [1.82, 2.24) is 16.0 Å². The van der Waals surface area contributed by atoms with Gasteiger partial charge >= 0.3 is 6.03 Å². The molecule has 126 valence electrons. The first-order valence-electron chi connectivity index (χ1n) is 8.41. The van der Waals surface area contributed by atoms with E-state index in [1.165, 1.54) is 6.42 Å². The molecule has 23 heavy (non-hydrogen) atoms. The maximum Gasteiger partial charge on any atom is 0.315 e. The lowest BCUT2D eigenvalue weighted by atomic mass is 9.78. The molecule has 0 bridgehead atoms.